The molecule has 23 heavy (non-hydrogen) atoms. The first kappa shape index (κ1) is 15.6. The van der Waals surface area contributed by atoms with Gasteiger partial charge in [-0.1, -0.05) is 60.7 Å². The summed E-state index contributed by atoms with van der Waals surface area (Å²) in [5.74, 6) is 1.02. The fraction of sp³-hybridized carbons (Fsp3) is 0.350. The van der Waals surface area contributed by atoms with Crippen LogP contribution >= 0.6 is 0 Å². The van der Waals surface area contributed by atoms with Crippen molar-refractivity contribution in [1.82, 2.24) is 4.90 Å². The van der Waals surface area contributed by atoms with Crippen molar-refractivity contribution in [2.75, 3.05) is 13.6 Å². The van der Waals surface area contributed by atoms with Crippen LogP contribution in [0.2, 0.25) is 0 Å². The number of guanidine groups is 1. The first-order valence-corrected chi connectivity index (χ1v) is 8.35. The lowest BCUT2D eigenvalue weighted by atomic mass is 9.92. The molecule has 1 fully saturated rings. The zero-order chi connectivity index (χ0) is 16.1. The molecule has 3 rings (SSSR count). The lowest BCUT2D eigenvalue weighted by Gasteiger charge is -2.20. The third kappa shape index (κ3) is 4.35. The van der Waals surface area contributed by atoms with Gasteiger partial charge in [-0.25, -0.2) is 0 Å². The standard InChI is InChI=1S/C20H25N3/c1-23(19-12-13-19)20(21)22-15-18(17-10-6-3-7-11-17)14-16-8-4-2-5-9-16/h2-11,18-19H,12-15H2,1H3,(H2,21,22). The van der Waals surface area contributed by atoms with Crippen LogP contribution in [0.3, 0.4) is 0 Å². The van der Waals surface area contributed by atoms with E-state index in [2.05, 4.69) is 70.6 Å². The Hall–Kier alpha value is -2.29. The molecule has 0 heterocycles. The van der Waals surface area contributed by atoms with Gasteiger partial charge in [-0.2, -0.15) is 0 Å². The average molecular weight is 307 g/mol. The lowest BCUT2D eigenvalue weighted by molar-refractivity contribution is 0.485. The Morgan fingerprint density at radius 1 is 1.09 bits per heavy atom. The minimum atomic E-state index is 0.352. The Morgan fingerprint density at radius 2 is 1.70 bits per heavy atom. The van der Waals surface area contributed by atoms with Gasteiger partial charge in [0.25, 0.3) is 0 Å². The molecule has 120 valence electrons. The van der Waals surface area contributed by atoms with Crippen LogP contribution in [0.15, 0.2) is 65.7 Å². The Labute approximate surface area is 138 Å². The fourth-order valence-electron chi connectivity index (χ4n) is 2.88. The number of rotatable bonds is 6. The zero-order valence-electron chi connectivity index (χ0n) is 13.7. The first-order valence-electron chi connectivity index (χ1n) is 8.35. The largest absolute Gasteiger partial charge is 0.370 e. The average Bonchev–Trinajstić information content (AvgIpc) is 3.44. The van der Waals surface area contributed by atoms with Gasteiger partial charge < -0.3 is 10.6 Å². The predicted octanol–water partition coefficient (Wildman–Crippen LogP) is 3.42. The van der Waals surface area contributed by atoms with Crippen LogP contribution in [0.1, 0.15) is 29.9 Å². The molecular formula is C20H25N3. The second kappa shape index (κ2) is 7.32. The van der Waals surface area contributed by atoms with Crippen LogP contribution in [0.25, 0.3) is 0 Å². The van der Waals surface area contributed by atoms with Gasteiger partial charge in [0.1, 0.15) is 0 Å². The molecule has 0 aromatic heterocycles. The Balaban J connectivity index is 1.73. The molecule has 0 saturated heterocycles. The van der Waals surface area contributed by atoms with Crippen LogP contribution < -0.4 is 5.73 Å². The molecule has 0 amide bonds. The molecule has 0 bridgehead atoms. The van der Waals surface area contributed by atoms with Crippen molar-refractivity contribution in [3.63, 3.8) is 0 Å². The molecule has 3 nitrogen and oxygen atoms in total. The maximum atomic E-state index is 6.15. The van der Waals surface area contributed by atoms with Gasteiger partial charge in [0.05, 0.1) is 0 Å². The summed E-state index contributed by atoms with van der Waals surface area (Å²) in [6.45, 7) is 0.724. The van der Waals surface area contributed by atoms with E-state index < -0.39 is 0 Å². The van der Waals surface area contributed by atoms with Crippen molar-refractivity contribution in [2.24, 2.45) is 10.7 Å². The third-order valence-corrected chi connectivity index (χ3v) is 4.53. The summed E-state index contributed by atoms with van der Waals surface area (Å²) < 4.78 is 0. The highest BCUT2D eigenvalue weighted by molar-refractivity contribution is 5.78. The molecule has 1 atom stereocenters. The number of aliphatic imine (C=N–C) groups is 1. The van der Waals surface area contributed by atoms with Crippen LogP contribution in [-0.2, 0) is 6.42 Å². The van der Waals surface area contributed by atoms with E-state index in [1.807, 2.05) is 7.05 Å². The molecule has 0 aliphatic heterocycles. The van der Waals surface area contributed by atoms with Gasteiger partial charge in [-0.15, -0.1) is 0 Å². The Bertz CT molecular complexity index is 632. The van der Waals surface area contributed by atoms with Gasteiger partial charge in [0.2, 0.25) is 0 Å². The number of hydrogen-bond donors (Lipinski definition) is 1. The molecular weight excluding hydrogens is 282 g/mol. The molecule has 1 aliphatic rings. The van der Waals surface area contributed by atoms with Crippen molar-refractivity contribution >= 4 is 5.96 Å². The Morgan fingerprint density at radius 3 is 2.30 bits per heavy atom. The second-order valence-electron chi connectivity index (χ2n) is 6.34. The monoisotopic (exact) mass is 307 g/mol. The third-order valence-electron chi connectivity index (χ3n) is 4.53. The van der Waals surface area contributed by atoms with E-state index in [1.165, 1.54) is 24.0 Å². The molecule has 2 aromatic rings. The first-order chi connectivity index (χ1) is 11.2. The number of nitrogens with zero attached hydrogens (tertiary/aromatic N) is 2. The minimum absolute atomic E-state index is 0.352. The predicted molar refractivity (Wildman–Crippen MR) is 96.6 cm³/mol. The number of hydrogen-bond acceptors (Lipinski definition) is 1. The van der Waals surface area contributed by atoms with Crippen LogP contribution in [0.4, 0.5) is 0 Å². The molecule has 1 unspecified atom stereocenters. The van der Waals surface area contributed by atoms with Crippen molar-refractivity contribution < 1.29 is 0 Å². The van der Waals surface area contributed by atoms with E-state index in [0.717, 1.165) is 13.0 Å². The van der Waals surface area contributed by atoms with Crippen molar-refractivity contribution in [2.45, 2.75) is 31.2 Å². The van der Waals surface area contributed by atoms with Gasteiger partial charge in [0, 0.05) is 25.6 Å². The molecule has 2 N–H and O–H groups in total. The molecule has 0 radical (unpaired) electrons. The summed E-state index contributed by atoms with van der Waals surface area (Å²) in [5, 5.41) is 0. The normalized spacial score (nSPS) is 16.1. The molecule has 3 heteroatoms. The summed E-state index contributed by atoms with van der Waals surface area (Å²) in [4.78, 5) is 6.79. The number of benzene rings is 2. The lowest BCUT2D eigenvalue weighted by Crippen LogP contribution is -2.36. The highest BCUT2D eigenvalue weighted by Gasteiger charge is 2.27. The molecule has 0 spiro atoms. The zero-order valence-corrected chi connectivity index (χ0v) is 13.7. The molecule has 1 saturated carbocycles. The summed E-state index contributed by atoms with van der Waals surface area (Å²) >= 11 is 0. The van der Waals surface area contributed by atoms with E-state index in [9.17, 15) is 0 Å². The SMILES string of the molecule is CN(C(N)=NCC(Cc1ccccc1)c1ccccc1)C1CC1. The molecule has 2 aromatic carbocycles. The second-order valence-corrected chi connectivity index (χ2v) is 6.34. The van der Waals surface area contributed by atoms with E-state index in [1.54, 1.807) is 0 Å². The quantitative estimate of drug-likeness (QED) is 0.656. The fourth-order valence-corrected chi connectivity index (χ4v) is 2.88. The van der Waals surface area contributed by atoms with Gasteiger partial charge in [-0.3, -0.25) is 4.99 Å². The van der Waals surface area contributed by atoms with Gasteiger partial charge in [-0.05, 0) is 30.4 Å². The molecule has 1 aliphatic carbocycles. The van der Waals surface area contributed by atoms with E-state index in [0.29, 0.717) is 17.9 Å². The van der Waals surface area contributed by atoms with Crippen LogP contribution in [0.5, 0.6) is 0 Å². The summed E-state index contributed by atoms with van der Waals surface area (Å²) in [7, 11) is 2.05. The summed E-state index contributed by atoms with van der Waals surface area (Å²) in [6, 6.07) is 21.8. The van der Waals surface area contributed by atoms with Crippen LogP contribution in [-0.4, -0.2) is 30.5 Å². The highest BCUT2D eigenvalue weighted by Crippen LogP contribution is 2.25. The van der Waals surface area contributed by atoms with Gasteiger partial charge >= 0.3 is 0 Å². The maximum Gasteiger partial charge on any atom is 0.191 e. The maximum absolute atomic E-state index is 6.15. The highest BCUT2D eigenvalue weighted by atomic mass is 15.3. The van der Waals surface area contributed by atoms with E-state index in [4.69, 9.17) is 5.73 Å². The van der Waals surface area contributed by atoms with Crippen molar-refractivity contribution in [3.8, 4) is 0 Å². The van der Waals surface area contributed by atoms with E-state index >= 15 is 0 Å². The van der Waals surface area contributed by atoms with E-state index in [-0.39, 0.29) is 0 Å². The smallest absolute Gasteiger partial charge is 0.191 e. The minimum Gasteiger partial charge on any atom is -0.370 e. The Kier molecular flexibility index (Phi) is 4.96. The van der Waals surface area contributed by atoms with Crippen molar-refractivity contribution in [3.05, 3.63) is 71.8 Å². The number of nitrogens with two attached hydrogens (primary N) is 1. The van der Waals surface area contributed by atoms with Gasteiger partial charge in [0.15, 0.2) is 5.96 Å². The van der Waals surface area contributed by atoms with Crippen LogP contribution in [0, 0.1) is 0 Å². The summed E-state index contributed by atoms with van der Waals surface area (Å²) in [5.41, 5.74) is 8.81. The van der Waals surface area contributed by atoms with Crippen molar-refractivity contribution in [1.29, 1.82) is 0 Å². The summed E-state index contributed by atoms with van der Waals surface area (Å²) in [6.07, 6.45) is 3.45. The topological polar surface area (TPSA) is 41.6 Å².